The SMILES string of the molecule is C=CCN1C(=O)COc2ccc(C(=O)C(C)n3c(CN(C)C)nc4ccccc43)cc21. The maximum absolute atomic E-state index is 13.5. The summed E-state index contributed by atoms with van der Waals surface area (Å²) in [4.78, 5) is 34.2. The number of carbonyl (C=O) groups excluding carboxylic acids is 2. The molecule has 0 aliphatic carbocycles. The zero-order valence-electron chi connectivity index (χ0n) is 18.0. The highest BCUT2D eigenvalue weighted by molar-refractivity contribution is 6.03. The van der Waals surface area contributed by atoms with Gasteiger partial charge >= 0.3 is 0 Å². The van der Waals surface area contributed by atoms with Crippen LogP contribution in [-0.2, 0) is 11.3 Å². The third-order valence-corrected chi connectivity index (χ3v) is 5.39. The van der Waals surface area contributed by atoms with Crippen molar-refractivity contribution in [3.63, 3.8) is 0 Å². The van der Waals surface area contributed by atoms with Gasteiger partial charge in [0, 0.05) is 12.1 Å². The van der Waals surface area contributed by atoms with E-state index in [0.717, 1.165) is 16.9 Å². The van der Waals surface area contributed by atoms with Crippen LogP contribution in [0.3, 0.4) is 0 Å². The van der Waals surface area contributed by atoms with Gasteiger partial charge in [-0.1, -0.05) is 18.2 Å². The van der Waals surface area contributed by atoms with Crippen LogP contribution in [0.25, 0.3) is 11.0 Å². The Labute approximate surface area is 181 Å². The van der Waals surface area contributed by atoms with Gasteiger partial charge in [-0.15, -0.1) is 6.58 Å². The van der Waals surface area contributed by atoms with Gasteiger partial charge in [0.2, 0.25) is 0 Å². The van der Waals surface area contributed by atoms with Gasteiger partial charge in [-0.05, 0) is 51.4 Å². The third kappa shape index (κ3) is 3.84. The smallest absolute Gasteiger partial charge is 0.265 e. The molecule has 7 heteroatoms. The molecule has 0 saturated heterocycles. The lowest BCUT2D eigenvalue weighted by molar-refractivity contribution is -0.121. The third-order valence-electron chi connectivity index (χ3n) is 5.39. The van der Waals surface area contributed by atoms with Crippen molar-refractivity contribution in [3.05, 3.63) is 66.5 Å². The van der Waals surface area contributed by atoms with Crippen molar-refractivity contribution in [2.45, 2.75) is 19.5 Å². The molecule has 1 aromatic heterocycles. The normalized spacial score (nSPS) is 14.5. The largest absolute Gasteiger partial charge is 0.482 e. The van der Waals surface area contributed by atoms with Crippen LogP contribution < -0.4 is 9.64 Å². The second-order valence-corrected chi connectivity index (χ2v) is 7.93. The predicted molar refractivity (Wildman–Crippen MR) is 121 cm³/mol. The number of imidazole rings is 1. The zero-order valence-corrected chi connectivity index (χ0v) is 18.0. The standard InChI is InChI=1S/C24H26N4O3/c1-5-12-27-20-13-17(10-11-21(20)31-15-23(27)29)24(30)16(2)28-19-9-7-6-8-18(19)25-22(28)14-26(3)4/h5-11,13,16H,1,12,14-15H2,2-4H3. The van der Waals surface area contributed by atoms with Crippen LogP contribution >= 0.6 is 0 Å². The molecule has 0 spiro atoms. The van der Waals surface area contributed by atoms with E-state index in [0.29, 0.717) is 30.1 Å². The van der Waals surface area contributed by atoms with Crippen LogP contribution in [0.2, 0.25) is 0 Å². The van der Waals surface area contributed by atoms with E-state index in [2.05, 4.69) is 6.58 Å². The summed E-state index contributed by atoms with van der Waals surface area (Å²) in [6.45, 7) is 6.58. The highest BCUT2D eigenvalue weighted by Crippen LogP contribution is 2.34. The number of aromatic nitrogens is 2. The van der Waals surface area contributed by atoms with Gasteiger partial charge in [-0.25, -0.2) is 4.98 Å². The number of ketones is 1. The molecule has 0 radical (unpaired) electrons. The summed E-state index contributed by atoms with van der Waals surface area (Å²) in [6.07, 6.45) is 1.66. The first-order valence-corrected chi connectivity index (χ1v) is 10.2. The van der Waals surface area contributed by atoms with E-state index in [-0.39, 0.29) is 18.3 Å². The number of nitrogens with zero attached hydrogens (tertiary/aromatic N) is 4. The molecule has 2 aromatic carbocycles. The Balaban J connectivity index is 1.74. The average molecular weight is 418 g/mol. The molecule has 1 aliphatic heterocycles. The number of rotatable bonds is 7. The summed E-state index contributed by atoms with van der Waals surface area (Å²) in [5, 5.41) is 0. The summed E-state index contributed by atoms with van der Waals surface area (Å²) < 4.78 is 7.54. The molecule has 0 N–H and O–H groups in total. The number of hydrogen-bond acceptors (Lipinski definition) is 5. The number of carbonyl (C=O) groups is 2. The molecule has 7 nitrogen and oxygen atoms in total. The number of ether oxygens (including phenoxy) is 1. The fourth-order valence-electron chi connectivity index (χ4n) is 3.96. The van der Waals surface area contributed by atoms with E-state index >= 15 is 0 Å². The Bertz CT molecular complexity index is 1160. The van der Waals surface area contributed by atoms with Gasteiger partial charge in [0.15, 0.2) is 12.4 Å². The minimum Gasteiger partial charge on any atom is -0.482 e. The van der Waals surface area contributed by atoms with E-state index in [1.54, 1.807) is 29.2 Å². The average Bonchev–Trinajstić information content (AvgIpc) is 3.11. The summed E-state index contributed by atoms with van der Waals surface area (Å²) >= 11 is 0. The molecule has 0 fully saturated rings. The number of Topliss-reactive ketones (excluding diaryl/α,β-unsaturated/α-hetero) is 1. The van der Waals surface area contributed by atoms with Crippen molar-refractivity contribution < 1.29 is 14.3 Å². The number of benzene rings is 2. The highest BCUT2D eigenvalue weighted by Gasteiger charge is 2.28. The minimum absolute atomic E-state index is 0.0144. The lowest BCUT2D eigenvalue weighted by Gasteiger charge is -2.29. The maximum Gasteiger partial charge on any atom is 0.265 e. The molecule has 1 unspecified atom stereocenters. The van der Waals surface area contributed by atoms with Crippen molar-refractivity contribution >= 4 is 28.4 Å². The van der Waals surface area contributed by atoms with E-state index < -0.39 is 6.04 Å². The topological polar surface area (TPSA) is 67.7 Å². The minimum atomic E-state index is -0.464. The molecule has 31 heavy (non-hydrogen) atoms. The van der Waals surface area contributed by atoms with Gasteiger partial charge in [0.25, 0.3) is 5.91 Å². The van der Waals surface area contributed by atoms with E-state index in [1.807, 2.05) is 54.8 Å². The van der Waals surface area contributed by atoms with Gasteiger partial charge < -0.3 is 19.1 Å². The molecule has 1 amide bonds. The fraction of sp³-hybridized carbons (Fsp3) is 0.292. The monoisotopic (exact) mass is 418 g/mol. The van der Waals surface area contributed by atoms with Gasteiger partial charge in [-0.3, -0.25) is 9.59 Å². The fourth-order valence-corrected chi connectivity index (χ4v) is 3.96. The van der Waals surface area contributed by atoms with Crippen LogP contribution in [0.4, 0.5) is 5.69 Å². The molecule has 0 saturated carbocycles. The van der Waals surface area contributed by atoms with Gasteiger partial charge in [-0.2, -0.15) is 0 Å². The first-order valence-electron chi connectivity index (χ1n) is 10.2. The van der Waals surface area contributed by atoms with Crippen molar-refractivity contribution in [3.8, 4) is 5.75 Å². The van der Waals surface area contributed by atoms with E-state index in [9.17, 15) is 9.59 Å². The highest BCUT2D eigenvalue weighted by atomic mass is 16.5. The van der Waals surface area contributed by atoms with E-state index in [1.165, 1.54) is 0 Å². The Morgan fingerprint density at radius 1 is 1.29 bits per heavy atom. The number of hydrogen-bond donors (Lipinski definition) is 0. The maximum atomic E-state index is 13.5. The quantitative estimate of drug-likeness (QED) is 0.434. The summed E-state index contributed by atoms with van der Waals surface area (Å²) in [5.74, 6) is 1.21. The van der Waals surface area contributed by atoms with Crippen LogP contribution in [0.1, 0.15) is 29.1 Å². The number of anilines is 1. The second-order valence-electron chi connectivity index (χ2n) is 7.93. The lowest BCUT2D eigenvalue weighted by Crippen LogP contribution is -2.39. The Morgan fingerprint density at radius 3 is 2.81 bits per heavy atom. The molecule has 2 heterocycles. The second kappa shape index (κ2) is 8.35. The van der Waals surface area contributed by atoms with Gasteiger partial charge in [0.1, 0.15) is 11.6 Å². The Hall–Kier alpha value is -3.45. The predicted octanol–water partition coefficient (Wildman–Crippen LogP) is 3.45. The first kappa shape index (κ1) is 20.8. The van der Waals surface area contributed by atoms with E-state index in [4.69, 9.17) is 9.72 Å². The lowest BCUT2D eigenvalue weighted by atomic mass is 10.0. The van der Waals surface area contributed by atoms with Crippen LogP contribution in [0.5, 0.6) is 5.75 Å². The molecular formula is C24H26N4O3. The van der Waals surface area contributed by atoms with Crippen LogP contribution in [0.15, 0.2) is 55.1 Å². The number of amides is 1. The molecule has 1 atom stereocenters. The number of para-hydroxylation sites is 2. The van der Waals surface area contributed by atoms with Crippen molar-refractivity contribution in [1.29, 1.82) is 0 Å². The molecular weight excluding hydrogens is 392 g/mol. The molecule has 4 rings (SSSR count). The van der Waals surface area contributed by atoms with Crippen molar-refractivity contribution in [1.82, 2.24) is 14.5 Å². The van der Waals surface area contributed by atoms with Crippen molar-refractivity contribution in [2.75, 3.05) is 32.1 Å². The Kier molecular flexibility index (Phi) is 5.61. The van der Waals surface area contributed by atoms with Crippen LogP contribution in [0, 0.1) is 0 Å². The van der Waals surface area contributed by atoms with Crippen LogP contribution in [-0.4, -0.2) is 53.4 Å². The molecule has 1 aliphatic rings. The number of fused-ring (bicyclic) bond motifs is 2. The summed E-state index contributed by atoms with van der Waals surface area (Å²) in [5.41, 5.74) is 2.90. The molecule has 160 valence electrons. The summed E-state index contributed by atoms with van der Waals surface area (Å²) in [6, 6.07) is 12.6. The van der Waals surface area contributed by atoms with Gasteiger partial charge in [0.05, 0.1) is 29.3 Å². The summed E-state index contributed by atoms with van der Waals surface area (Å²) in [7, 11) is 3.95. The molecule has 0 bridgehead atoms. The first-order chi connectivity index (χ1) is 14.9. The Morgan fingerprint density at radius 2 is 2.06 bits per heavy atom. The van der Waals surface area contributed by atoms with Crippen molar-refractivity contribution in [2.24, 2.45) is 0 Å². The zero-order chi connectivity index (χ0) is 22.1. The molecule has 3 aromatic rings.